The Balaban J connectivity index is 3.22. The smallest absolute Gasteiger partial charge is 0.249 e. The molecular formula is C8H7Cl2F2N. The van der Waals surface area contributed by atoms with Gasteiger partial charge in [0.05, 0.1) is 16.6 Å². The second kappa shape index (κ2) is 4.20. The third kappa shape index (κ3) is 2.29. The van der Waals surface area contributed by atoms with Gasteiger partial charge in [-0.05, 0) is 18.6 Å². The highest BCUT2D eigenvalue weighted by Gasteiger charge is 2.15. The van der Waals surface area contributed by atoms with Crippen LogP contribution >= 0.6 is 23.2 Å². The molecule has 0 saturated carbocycles. The molecule has 0 aromatic carbocycles. The van der Waals surface area contributed by atoms with Crippen LogP contribution in [-0.4, -0.2) is 4.98 Å². The highest BCUT2D eigenvalue weighted by Crippen LogP contribution is 2.27. The van der Waals surface area contributed by atoms with Gasteiger partial charge in [-0.2, -0.15) is 0 Å². The van der Waals surface area contributed by atoms with E-state index in [1.54, 1.807) is 6.92 Å². The summed E-state index contributed by atoms with van der Waals surface area (Å²) in [5, 5.41) is -0.0126. The Hall–Kier alpha value is -0.410. The van der Waals surface area contributed by atoms with Crippen molar-refractivity contribution in [2.45, 2.75) is 19.2 Å². The van der Waals surface area contributed by atoms with E-state index in [9.17, 15) is 8.78 Å². The lowest BCUT2D eigenvalue weighted by molar-refractivity contribution is 0.146. The van der Waals surface area contributed by atoms with Gasteiger partial charge in [-0.1, -0.05) is 11.6 Å². The van der Waals surface area contributed by atoms with Gasteiger partial charge in [0.1, 0.15) is 5.69 Å². The number of halogens is 4. The second-order valence-corrected chi connectivity index (χ2v) is 3.23. The van der Waals surface area contributed by atoms with Gasteiger partial charge in [0.2, 0.25) is 0 Å². The van der Waals surface area contributed by atoms with Crippen LogP contribution in [0.4, 0.5) is 8.78 Å². The number of pyridine rings is 1. The first-order chi connectivity index (χ1) is 6.06. The van der Waals surface area contributed by atoms with Crippen molar-refractivity contribution >= 4 is 23.2 Å². The highest BCUT2D eigenvalue weighted by molar-refractivity contribution is 6.31. The van der Waals surface area contributed by atoms with Crippen LogP contribution in [0.1, 0.15) is 23.4 Å². The molecular weight excluding hydrogens is 219 g/mol. The molecule has 1 aromatic rings. The standard InChI is InChI=1S/C8H7Cl2F2N/c1-4-2-5(10)7(8(11)12)13-6(4)3-9/h2,8H,3H2,1H3. The van der Waals surface area contributed by atoms with E-state index >= 15 is 0 Å². The molecule has 5 heteroatoms. The average Bonchev–Trinajstić information content (AvgIpc) is 2.03. The molecule has 0 aliphatic rings. The number of hydrogen-bond acceptors (Lipinski definition) is 1. The van der Waals surface area contributed by atoms with E-state index in [4.69, 9.17) is 23.2 Å². The maximum atomic E-state index is 12.3. The zero-order chi connectivity index (χ0) is 10.0. The van der Waals surface area contributed by atoms with Gasteiger partial charge in [-0.3, -0.25) is 0 Å². The molecule has 72 valence electrons. The van der Waals surface area contributed by atoms with Crippen molar-refractivity contribution in [3.8, 4) is 0 Å². The molecule has 0 unspecified atom stereocenters. The van der Waals surface area contributed by atoms with E-state index in [1.165, 1.54) is 6.07 Å². The van der Waals surface area contributed by atoms with Gasteiger partial charge >= 0.3 is 0 Å². The average molecular weight is 226 g/mol. The maximum absolute atomic E-state index is 12.3. The van der Waals surface area contributed by atoms with Crippen molar-refractivity contribution in [1.29, 1.82) is 0 Å². The van der Waals surface area contributed by atoms with Crippen LogP contribution < -0.4 is 0 Å². The van der Waals surface area contributed by atoms with E-state index in [0.717, 1.165) is 5.56 Å². The predicted octanol–water partition coefficient (Wildman–Crippen LogP) is 3.72. The molecule has 0 amide bonds. The Morgan fingerprint density at radius 3 is 2.62 bits per heavy atom. The van der Waals surface area contributed by atoms with Crippen LogP contribution in [0.3, 0.4) is 0 Å². The largest absolute Gasteiger partial charge is 0.281 e. The van der Waals surface area contributed by atoms with Crippen LogP contribution in [-0.2, 0) is 5.88 Å². The molecule has 0 atom stereocenters. The minimum Gasteiger partial charge on any atom is -0.249 e. The van der Waals surface area contributed by atoms with Crippen molar-refractivity contribution < 1.29 is 8.78 Å². The first-order valence-electron chi connectivity index (χ1n) is 3.56. The number of nitrogens with zero attached hydrogens (tertiary/aromatic N) is 1. The van der Waals surface area contributed by atoms with Crippen LogP contribution in [0.2, 0.25) is 5.02 Å². The quantitative estimate of drug-likeness (QED) is 0.700. The molecule has 13 heavy (non-hydrogen) atoms. The van der Waals surface area contributed by atoms with Crippen molar-refractivity contribution in [1.82, 2.24) is 4.98 Å². The molecule has 0 bridgehead atoms. The summed E-state index contributed by atoms with van der Waals surface area (Å²) in [5.74, 6) is 0.114. The van der Waals surface area contributed by atoms with Crippen LogP contribution in [0.15, 0.2) is 6.07 Å². The summed E-state index contributed by atoms with van der Waals surface area (Å²) in [4.78, 5) is 3.68. The molecule has 0 aliphatic heterocycles. The summed E-state index contributed by atoms with van der Waals surface area (Å²) >= 11 is 11.1. The minimum absolute atomic E-state index is 0.0126. The lowest BCUT2D eigenvalue weighted by Crippen LogP contribution is -1.98. The van der Waals surface area contributed by atoms with E-state index in [0.29, 0.717) is 5.69 Å². The Morgan fingerprint density at radius 1 is 1.54 bits per heavy atom. The Labute approximate surface area is 84.7 Å². The number of rotatable bonds is 2. The number of hydrogen-bond donors (Lipinski definition) is 0. The van der Waals surface area contributed by atoms with Crippen molar-refractivity contribution in [3.63, 3.8) is 0 Å². The van der Waals surface area contributed by atoms with Gasteiger partial charge in [-0.15, -0.1) is 11.6 Å². The highest BCUT2D eigenvalue weighted by atomic mass is 35.5. The molecule has 1 heterocycles. The van der Waals surface area contributed by atoms with E-state index in [2.05, 4.69) is 4.98 Å². The molecule has 1 aromatic heterocycles. The maximum Gasteiger partial charge on any atom is 0.281 e. The van der Waals surface area contributed by atoms with Gasteiger partial charge < -0.3 is 0 Å². The number of alkyl halides is 3. The number of aromatic nitrogens is 1. The molecule has 0 radical (unpaired) electrons. The summed E-state index contributed by atoms with van der Waals surface area (Å²) in [6.07, 6.45) is -2.66. The molecule has 1 nitrogen and oxygen atoms in total. The molecule has 1 rings (SSSR count). The monoisotopic (exact) mass is 225 g/mol. The van der Waals surface area contributed by atoms with E-state index in [-0.39, 0.29) is 10.9 Å². The molecule has 0 aliphatic carbocycles. The van der Waals surface area contributed by atoms with Crippen molar-refractivity contribution in [3.05, 3.63) is 28.0 Å². The number of aryl methyl sites for hydroxylation is 1. The Kier molecular flexibility index (Phi) is 3.45. The lowest BCUT2D eigenvalue weighted by atomic mass is 10.2. The SMILES string of the molecule is Cc1cc(Cl)c(C(F)F)nc1CCl. The van der Waals surface area contributed by atoms with Crippen LogP contribution in [0.25, 0.3) is 0 Å². The molecule has 0 N–H and O–H groups in total. The van der Waals surface area contributed by atoms with Gasteiger partial charge in [0.15, 0.2) is 0 Å². The minimum atomic E-state index is -2.66. The Bertz CT molecular complexity index is 315. The van der Waals surface area contributed by atoms with Gasteiger partial charge in [0, 0.05) is 0 Å². The Morgan fingerprint density at radius 2 is 2.15 bits per heavy atom. The first kappa shape index (κ1) is 10.7. The molecule has 0 spiro atoms. The van der Waals surface area contributed by atoms with E-state index < -0.39 is 12.1 Å². The van der Waals surface area contributed by atoms with Gasteiger partial charge in [0.25, 0.3) is 6.43 Å². The third-order valence-electron chi connectivity index (χ3n) is 1.63. The van der Waals surface area contributed by atoms with Crippen LogP contribution in [0.5, 0.6) is 0 Å². The fourth-order valence-corrected chi connectivity index (χ4v) is 1.48. The van der Waals surface area contributed by atoms with Crippen molar-refractivity contribution in [2.24, 2.45) is 0 Å². The predicted molar refractivity (Wildman–Crippen MR) is 48.5 cm³/mol. The summed E-state index contributed by atoms with van der Waals surface area (Å²) in [6.45, 7) is 1.73. The molecule has 0 fully saturated rings. The topological polar surface area (TPSA) is 12.9 Å². The normalized spacial score (nSPS) is 10.9. The fraction of sp³-hybridized carbons (Fsp3) is 0.375. The molecule has 0 saturated heterocycles. The third-order valence-corrected chi connectivity index (χ3v) is 2.19. The summed E-state index contributed by atoms with van der Waals surface area (Å²) in [5.41, 5.74) is 0.772. The first-order valence-corrected chi connectivity index (χ1v) is 4.47. The van der Waals surface area contributed by atoms with E-state index in [1.807, 2.05) is 0 Å². The second-order valence-electron chi connectivity index (χ2n) is 2.55. The zero-order valence-corrected chi connectivity index (χ0v) is 8.33. The van der Waals surface area contributed by atoms with Crippen molar-refractivity contribution in [2.75, 3.05) is 0 Å². The van der Waals surface area contributed by atoms with Crippen LogP contribution in [0, 0.1) is 6.92 Å². The summed E-state index contributed by atoms with van der Waals surface area (Å²) in [6, 6.07) is 1.45. The van der Waals surface area contributed by atoms with Gasteiger partial charge in [-0.25, -0.2) is 13.8 Å². The summed E-state index contributed by atoms with van der Waals surface area (Å²) in [7, 11) is 0. The zero-order valence-electron chi connectivity index (χ0n) is 6.82. The lowest BCUT2D eigenvalue weighted by Gasteiger charge is -2.06. The fourth-order valence-electron chi connectivity index (χ4n) is 0.923. The summed E-state index contributed by atoms with van der Waals surface area (Å²) < 4.78 is 24.6.